The molecule has 15 heavy (non-hydrogen) atoms. The quantitative estimate of drug-likeness (QED) is 0.611. The average Bonchev–Trinajstić information content (AvgIpc) is 2.57. The van der Waals surface area contributed by atoms with E-state index in [2.05, 4.69) is 53.4 Å². The van der Waals surface area contributed by atoms with E-state index < -0.39 is 0 Å². The summed E-state index contributed by atoms with van der Waals surface area (Å²) in [5.74, 6) is 0. The summed E-state index contributed by atoms with van der Waals surface area (Å²) in [4.78, 5) is 3.37. The van der Waals surface area contributed by atoms with E-state index in [-0.39, 0.29) is 0 Å². The fourth-order valence-electron chi connectivity index (χ4n) is 1.76. The number of fused-ring (bicyclic) bond motifs is 3. The predicted molar refractivity (Wildman–Crippen MR) is 66.9 cm³/mol. The zero-order valence-electron chi connectivity index (χ0n) is 7.67. The van der Waals surface area contributed by atoms with E-state index in [0.29, 0.717) is 0 Å². The van der Waals surface area contributed by atoms with Gasteiger partial charge in [-0.2, -0.15) is 4.40 Å². The Hall–Kier alpha value is -0.870. The number of H-pyrrole nitrogens is 1. The fourth-order valence-corrected chi connectivity index (χ4v) is 3.06. The van der Waals surface area contributed by atoms with Crippen molar-refractivity contribution in [3.63, 3.8) is 0 Å². The minimum atomic E-state index is 1.07. The van der Waals surface area contributed by atoms with E-state index in [0.717, 1.165) is 25.6 Å². The molecule has 1 N–H and O–H groups in total. The van der Waals surface area contributed by atoms with Gasteiger partial charge in [-0.15, -0.1) is 0 Å². The second-order valence-electron chi connectivity index (χ2n) is 3.36. The molecule has 1 aromatic carbocycles. The molecular weight excluding hydrogens is 320 g/mol. The third kappa shape index (κ3) is 1.40. The average molecular weight is 327 g/mol. The first-order valence-corrected chi connectivity index (χ1v) is 6.11. The maximum atomic E-state index is 3.55. The highest BCUT2D eigenvalue weighted by Crippen LogP contribution is 2.26. The van der Waals surface area contributed by atoms with Gasteiger partial charge in [0.1, 0.15) is 0 Å². The topological polar surface area (TPSA) is 19.9 Å². The van der Waals surface area contributed by atoms with Crippen LogP contribution >= 0.6 is 31.9 Å². The number of aromatic nitrogens is 2. The molecule has 3 aromatic rings. The normalized spacial score (nSPS) is 11.3. The van der Waals surface area contributed by atoms with Gasteiger partial charge in [0, 0.05) is 16.6 Å². The van der Waals surface area contributed by atoms with Crippen LogP contribution in [0.5, 0.6) is 0 Å². The second kappa shape index (κ2) is 3.32. The largest absolute Gasteiger partial charge is 0.284 e. The molecule has 2 heterocycles. The molecule has 0 atom stereocenters. The molecule has 0 amide bonds. The Balaban J connectivity index is 2.61. The Morgan fingerprint density at radius 1 is 1.13 bits per heavy atom. The number of hydrogen-bond acceptors (Lipinski definition) is 0. The Bertz CT molecular complexity index is 658. The first-order chi connectivity index (χ1) is 7.25. The van der Waals surface area contributed by atoms with Gasteiger partial charge in [-0.1, -0.05) is 22.0 Å². The summed E-state index contributed by atoms with van der Waals surface area (Å²) in [5, 5.41) is 0. The summed E-state index contributed by atoms with van der Waals surface area (Å²) in [6, 6.07) is 10.2. The lowest BCUT2D eigenvalue weighted by Crippen LogP contribution is -2.17. The van der Waals surface area contributed by atoms with Gasteiger partial charge in [-0.05, 0) is 28.1 Å². The van der Waals surface area contributed by atoms with Crippen molar-refractivity contribution in [2.75, 3.05) is 0 Å². The van der Waals surface area contributed by atoms with Crippen LogP contribution in [-0.4, -0.2) is 4.98 Å². The van der Waals surface area contributed by atoms with Crippen LogP contribution in [0.25, 0.3) is 16.7 Å². The Morgan fingerprint density at radius 2 is 2.00 bits per heavy atom. The van der Waals surface area contributed by atoms with Crippen LogP contribution in [0.1, 0.15) is 0 Å². The lowest BCUT2D eigenvalue weighted by Gasteiger charge is -1.91. The minimum Gasteiger partial charge on any atom is -0.236 e. The highest BCUT2D eigenvalue weighted by Gasteiger charge is 2.14. The first kappa shape index (κ1) is 9.36. The van der Waals surface area contributed by atoms with Gasteiger partial charge in [0.2, 0.25) is 0 Å². The van der Waals surface area contributed by atoms with Crippen molar-refractivity contribution >= 4 is 48.5 Å². The number of rotatable bonds is 0. The Kier molecular flexibility index (Phi) is 2.07. The highest BCUT2D eigenvalue weighted by molar-refractivity contribution is 9.11. The van der Waals surface area contributed by atoms with Gasteiger partial charge in [0.25, 0.3) is 5.65 Å². The first-order valence-electron chi connectivity index (χ1n) is 4.53. The van der Waals surface area contributed by atoms with Crippen LogP contribution in [0.15, 0.2) is 45.5 Å². The molecule has 2 nitrogen and oxygen atoms in total. The fraction of sp³-hybridized carbons (Fsp3) is 0. The highest BCUT2D eigenvalue weighted by atomic mass is 79.9. The van der Waals surface area contributed by atoms with E-state index in [1.54, 1.807) is 0 Å². The van der Waals surface area contributed by atoms with Crippen molar-refractivity contribution < 1.29 is 4.40 Å². The molecule has 0 fully saturated rings. The zero-order chi connectivity index (χ0) is 10.4. The number of benzene rings is 1. The van der Waals surface area contributed by atoms with E-state index in [1.807, 2.05) is 24.4 Å². The summed E-state index contributed by atoms with van der Waals surface area (Å²) < 4.78 is 4.26. The van der Waals surface area contributed by atoms with Crippen molar-refractivity contribution in [1.29, 1.82) is 0 Å². The van der Waals surface area contributed by atoms with E-state index >= 15 is 0 Å². The van der Waals surface area contributed by atoms with E-state index in [1.165, 1.54) is 0 Å². The van der Waals surface area contributed by atoms with Gasteiger partial charge in [-0.25, -0.2) is 4.98 Å². The summed E-state index contributed by atoms with van der Waals surface area (Å²) in [5.41, 5.74) is 3.36. The smallest absolute Gasteiger partial charge is 0.236 e. The predicted octanol–water partition coefficient (Wildman–Crippen LogP) is 3.43. The van der Waals surface area contributed by atoms with Crippen LogP contribution in [0, 0.1) is 0 Å². The molecule has 0 aliphatic rings. The van der Waals surface area contributed by atoms with Crippen LogP contribution in [0.4, 0.5) is 0 Å². The molecule has 0 unspecified atom stereocenters. The SMILES string of the molecule is Brc1cc(Br)c2[nH]c3cccc[n+]3c2c1. The van der Waals surface area contributed by atoms with Crippen molar-refractivity contribution in [2.45, 2.75) is 0 Å². The Morgan fingerprint density at radius 3 is 2.87 bits per heavy atom. The van der Waals surface area contributed by atoms with Crippen molar-refractivity contribution in [3.8, 4) is 0 Å². The maximum absolute atomic E-state index is 3.55. The van der Waals surface area contributed by atoms with Crippen molar-refractivity contribution in [3.05, 3.63) is 45.5 Å². The summed E-state index contributed by atoms with van der Waals surface area (Å²) in [6.07, 6.45) is 2.05. The molecule has 0 aliphatic carbocycles. The lowest BCUT2D eigenvalue weighted by atomic mass is 10.3. The lowest BCUT2D eigenvalue weighted by molar-refractivity contribution is -0.481. The summed E-state index contributed by atoms with van der Waals surface area (Å²) in [6.45, 7) is 0. The maximum Gasteiger partial charge on any atom is 0.284 e. The second-order valence-corrected chi connectivity index (χ2v) is 5.13. The van der Waals surface area contributed by atoms with Crippen LogP contribution in [-0.2, 0) is 0 Å². The van der Waals surface area contributed by atoms with E-state index in [4.69, 9.17) is 0 Å². The number of aromatic amines is 1. The van der Waals surface area contributed by atoms with Crippen LogP contribution < -0.4 is 4.40 Å². The molecule has 0 saturated carbocycles. The molecule has 3 rings (SSSR count). The zero-order valence-corrected chi connectivity index (χ0v) is 10.8. The van der Waals surface area contributed by atoms with E-state index in [9.17, 15) is 0 Å². The van der Waals surface area contributed by atoms with Crippen LogP contribution in [0.2, 0.25) is 0 Å². The molecule has 0 radical (unpaired) electrons. The molecule has 4 heteroatoms. The third-order valence-electron chi connectivity index (χ3n) is 2.41. The molecule has 74 valence electrons. The summed E-state index contributed by atoms with van der Waals surface area (Å²) in [7, 11) is 0. The van der Waals surface area contributed by atoms with Gasteiger partial charge in [0.15, 0.2) is 11.0 Å². The number of halogens is 2. The standard InChI is InChI=1S/C11H6Br2N2/c12-7-5-8(13)11-9(6-7)15-4-2-1-3-10(15)14-11/h1-6H/p+1. The minimum absolute atomic E-state index is 1.07. The molecule has 0 bridgehead atoms. The monoisotopic (exact) mass is 325 g/mol. The molecule has 2 aromatic heterocycles. The van der Waals surface area contributed by atoms with Crippen molar-refractivity contribution in [2.24, 2.45) is 0 Å². The molecule has 0 aliphatic heterocycles. The summed E-state index contributed by atoms with van der Waals surface area (Å²) >= 11 is 7.05. The van der Waals surface area contributed by atoms with Gasteiger partial charge in [-0.3, -0.25) is 0 Å². The number of imidazole rings is 1. The van der Waals surface area contributed by atoms with Crippen molar-refractivity contribution in [1.82, 2.24) is 4.98 Å². The third-order valence-corrected chi connectivity index (χ3v) is 3.49. The molecular formula is C11H7Br2N2+. The van der Waals surface area contributed by atoms with Gasteiger partial charge < -0.3 is 0 Å². The molecule has 0 saturated heterocycles. The number of hydrogen-bond donors (Lipinski definition) is 1. The molecule has 0 spiro atoms. The van der Waals surface area contributed by atoms with Crippen LogP contribution in [0.3, 0.4) is 0 Å². The number of nitrogens with zero attached hydrogens (tertiary/aromatic N) is 1. The number of pyridine rings is 1. The Labute approximate surface area is 103 Å². The van der Waals surface area contributed by atoms with Gasteiger partial charge >= 0.3 is 0 Å². The number of nitrogens with one attached hydrogen (secondary N) is 1. The van der Waals surface area contributed by atoms with Gasteiger partial charge in [0.05, 0.1) is 10.7 Å².